The summed E-state index contributed by atoms with van der Waals surface area (Å²) in [6, 6.07) is 0. The van der Waals surface area contributed by atoms with Gasteiger partial charge in [-0.2, -0.15) is 0 Å². The van der Waals surface area contributed by atoms with Gasteiger partial charge in [-0.3, -0.25) is 0 Å². The maximum Gasteiger partial charge on any atom is 0.124 e. The summed E-state index contributed by atoms with van der Waals surface area (Å²) < 4.78 is 4.19. The fourth-order valence-corrected chi connectivity index (χ4v) is 0. The van der Waals surface area contributed by atoms with Crippen molar-refractivity contribution in [2.75, 3.05) is 0 Å². The molecule has 0 aliphatic heterocycles. The van der Waals surface area contributed by atoms with Gasteiger partial charge in [0.1, 0.15) is 46.0 Å². The third-order valence-electron chi connectivity index (χ3n) is 0. The number of hydrogen-bond donors (Lipinski definition) is 0. The molecule has 0 amide bonds. The van der Waals surface area contributed by atoms with Crippen LogP contribution in [0.2, 0.25) is 0 Å². The van der Waals surface area contributed by atoms with Crippen LogP contribution < -0.4 is 0 Å². The Labute approximate surface area is 65.1 Å². The number of hydrogen-bond acceptors (Lipinski definition) is 1. The fourth-order valence-electron chi connectivity index (χ4n) is 0. The maximum absolute atomic E-state index is 4.19. The first-order chi connectivity index (χ1) is 1.41. The third kappa shape index (κ3) is 9.00. The Hall–Kier alpha value is 2.00. The Morgan fingerprint density at radius 1 is 1.25 bits per heavy atom. The number of halogens is 2. The van der Waals surface area contributed by atoms with Crippen molar-refractivity contribution in [3.8, 4) is 0 Å². The van der Waals surface area contributed by atoms with Crippen molar-refractivity contribution in [1.82, 2.24) is 0 Å². The van der Waals surface area contributed by atoms with E-state index in [0.29, 0.717) is 0 Å². The van der Waals surface area contributed by atoms with Crippen molar-refractivity contribution in [3.05, 3.63) is 0 Å². The molecule has 0 atom stereocenters. The summed E-state index contributed by atoms with van der Waals surface area (Å²) in [4.78, 5) is 0. The van der Waals surface area contributed by atoms with Crippen LogP contribution in [0.25, 0.3) is 0 Å². The number of rotatable bonds is 0. The van der Waals surface area contributed by atoms with Crippen LogP contribution >= 0.6 is 46.0 Å². The summed E-state index contributed by atoms with van der Waals surface area (Å²) >= 11 is 3.55. The molecule has 0 saturated heterocycles. The molecule has 0 aromatic heterocycles. The van der Waals surface area contributed by atoms with Crippen molar-refractivity contribution in [1.29, 1.82) is 0 Å². The molecular weight excluding hydrogens is 321 g/mol. The normalized spacial score (nSPS) is 4.50. The first-order valence-electron chi connectivity index (χ1n) is 0.309. The van der Waals surface area contributed by atoms with E-state index in [0.717, 1.165) is 0 Å². The summed E-state index contributed by atoms with van der Waals surface area (Å²) in [7, 11) is 0. The van der Waals surface area contributed by atoms with E-state index < -0.39 is 0 Å². The van der Waals surface area contributed by atoms with E-state index in [1.165, 1.54) is 0 Å². The average Bonchev–Trinajstić information content (AvgIpc) is 0.918. The Kier molecular flexibility index (Phi) is 20.8. The van der Waals surface area contributed by atoms with Gasteiger partial charge in [0, 0.05) is 18.6 Å². The molecule has 0 fully saturated rings. The van der Waals surface area contributed by atoms with Crippen molar-refractivity contribution >= 4 is 46.0 Å². The van der Waals surface area contributed by atoms with Gasteiger partial charge in [0.05, 0.1) is 0 Å². The average molecular weight is 321 g/mol. The zero-order valence-electron chi connectivity index (χ0n) is 1.61. The molecule has 4 heteroatoms. The second-order valence-corrected chi connectivity index (χ2v) is 2.62. The summed E-state index contributed by atoms with van der Waals surface area (Å²) in [6.45, 7) is 0. The smallest absolute Gasteiger partial charge is 0.124 e. The molecule has 0 spiro atoms. The molecule has 1 radical (unpaired) electrons. The van der Waals surface area contributed by atoms with E-state index >= 15 is 0 Å². The van der Waals surface area contributed by atoms with E-state index in [-0.39, 0.29) is 18.6 Å². The van der Waals surface area contributed by atoms with Gasteiger partial charge in [0.15, 0.2) is 0 Å². The van der Waals surface area contributed by atoms with Gasteiger partial charge >= 0.3 is 0 Å². The van der Waals surface area contributed by atoms with E-state index in [1.807, 2.05) is 0 Å². The summed E-state index contributed by atoms with van der Waals surface area (Å²) in [5.41, 5.74) is 0. The van der Waals surface area contributed by atoms with Crippen molar-refractivity contribution in [2.45, 2.75) is 0 Å². The fraction of sp³-hybridized carbons (Fsp3) is 0. The SMILES string of the molecule is IOI.[V]. The van der Waals surface area contributed by atoms with Gasteiger partial charge in [0.2, 0.25) is 0 Å². The topological polar surface area (TPSA) is 9.23 Å². The molecule has 1 nitrogen and oxygen atoms in total. The van der Waals surface area contributed by atoms with Crippen LogP contribution in [0.5, 0.6) is 0 Å². The molecule has 0 heterocycles. The van der Waals surface area contributed by atoms with Crippen molar-refractivity contribution in [2.24, 2.45) is 0 Å². The largest absolute Gasteiger partial charge is 0.247 e. The third-order valence-corrected chi connectivity index (χ3v) is 0. The zero-order chi connectivity index (χ0) is 2.71. The Bertz CT molecular complexity index is 6.00. The van der Waals surface area contributed by atoms with Gasteiger partial charge in [-0.05, 0) is 0 Å². The minimum absolute atomic E-state index is 0. The monoisotopic (exact) mass is 321 g/mol. The predicted octanol–water partition coefficient (Wildman–Crippen LogP) is 1.70. The van der Waals surface area contributed by atoms with E-state index in [2.05, 4.69) is 1.40 Å². The van der Waals surface area contributed by atoms with E-state index in [1.54, 1.807) is 46.0 Å². The van der Waals surface area contributed by atoms with Crippen LogP contribution in [0, 0.1) is 0 Å². The Balaban J connectivity index is 0. The Morgan fingerprint density at radius 3 is 1.25 bits per heavy atom. The van der Waals surface area contributed by atoms with E-state index in [9.17, 15) is 0 Å². The molecular formula is I2OV. The molecule has 0 bridgehead atoms. The summed E-state index contributed by atoms with van der Waals surface area (Å²) in [6.07, 6.45) is 0. The van der Waals surface area contributed by atoms with E-state index in [4.69, 9.17) is 0 Å². The molecule has 0 unspecified atom stereocenters. The maximum atomic E-state index is 4.19. The van der Waals surface area contributed by atoms with Crippen LogP contribution in [0.1, 0.15) is 0 Å². The predicted molar refractivity (Wildman–Crippen MR) is 29.1 cm³/mol. The van der Waals surface area contributed by atoms with Gasteiger partial charge in [-0.25, -0.2) is 1.40 Å². The van der Waals surface area contributed by atoms with Crippen LogP contribution in [-0.4, -0.2) is 0 Å². The second-order valence-electron chi connectivity index (χ2n) is 0.0583. The first-order valence-corrected chi connectivity index (χ1v) is 2.07. The summed E-state index contributed by atoms with van der Waals surface area (Å²) in [5.74, 6) is 0. The molecule has 0 rings (SSSR count). The van der Waals surface area contributed by atoms with Crippen LogP contribution in [0.4, 0.5) is 0 Å². The van der Waals surface area contributed by atoms with Gasteiger partial charge in [-0.1, -0.05) is 0 Å². The molecule has 0 N–H and O–H groups in total. The van der Waals surface area contributed by atoms with Crippen molar-refractivity contribution in [3.63, 3.8) is 0 Å². The van der Waals surface area contributed by atoms with Gasteiger partial charge in [-0.15, -0.1) is 0 Å². The molecule has 0 aliphatic carbocycles. The Morgan fingerprint density at radius 2 is 1.25 bits per heavy atom. The second kappa shape index (κ2) is 8.89. The van der Waals surface area contributed by atoms with Crippen molar-refractivity contribution < 1.29 is 20.0 Å². The molecule has 4 heavy (non-hydrogen) atoms. The molecule has 0 saturated carbocycles. The van der Waals surface area contributed by atoms with Crippen LogP contribution in [0.3, 0.4) is 0 Å². The molecule has 0 aliphatic rings. The quantitative estimate of drug-likeness (QED) is 0.617. The standard InChI is InChI=1S/I2O.V/c1-3-2;. The minimum atomic E-state index is 0. The first kappa shape index (κ1) is 9.38. The molecule has 25 valence electrons. The summed E-state index contributed by atoms with van der Waals surface area (Å²) in [5, 5.41) is 0. The van der Waals surface area contributed by atoms with Crippen LogP contribution in [-0.2, 0) is 20.0 Å². The molecule has 0 aromatic carbocycles. The van der Waals surface area contributed by atoms with Gasteiger partial charge in [0.25, 0.3) is 0 Å². The minimum Gasteiger partial charge on any atom is -0.247 e. The van der Waals surface area contributed by atoms with Gasteiger partial charge < -0.3 is 0 Å². The van der Waals surface area contributed by atoms with Crippen LogP contribution in [0.15, 0.2) is 0 Å². The zero-order valence-corrected chi connectivity index (χ0v) is 7.32. The molecule has 0 aromatic rings.